The minimum atomic E-state index is -1.63. The Morgan fingerprint density at radius 2 is 1.68 bits per heavy atom. The van der Waals surface area contributed by atoms with Gasteiger partial charge in [0.25, 0.3) is 0 Å². The van der Waals surface area contributed by atoms with Crippen LogP contribution in [0, 0.1) is 51.2 Å². The molecule has 11 atom stereocenters. The van der Waals surface area contributed by atoms with E-state index in [1.807, 2.05) is 56.3 Å². The maximum absolute atomic E-state index is 15.5. The fourth-order valence-electron chi connectivity index (χ4n) is 12.8. The molecule has 0 saturated heterocycles. The molecule has 1 aromatic rings. The number of Topliss-reactive ketones (excluding diaryl/α,β-unsaturated/α-hetero) is 2. The molecule has 1 aromatic carbocycles. The highest BCUT2D eigenvalue weighted by Crippen LogP contribution is 2.80. The first-order valence-corrected chi connectivity index (χ1v) is 18.7. The molecule has 0 spiro atoms. The van der Waals surface area contributed by atoms with Gasteiger partial charge in [-0.15, -0.1) is 0 Å². The summed E-state index contributed by atoms with van der Waals surface area (Å²) in [5.74, 6) is -2.46. The lowest BCUT2D eigenvalue weighted by atomic mass is 9.34. The molecule has 6 aliphatic rings. The second-order valence-electron chi connectivity index (χ2n) is 17.8. The molecule has 268 valence electrons. The molecular formula is C43H54O7. The Balaban J connectivity index is 1.47. The van der Waals surface area contributed by atoms with Crippen molar-refractivity contribution < 1.29 is 34.8 Å². The van der Waals surface area contributed by atoms with Crippen molar-refractivity contribution >= 4 is 23.6 Å². The van der Waals surface area contributed by atoms with E-state index in [1.165, 1.54) is 13.0 Å². The van der Waals surface area contributed by atoms with E-state index in [2.05, 4.69) is 26.8 Å². The van der Waals surface area contributed by atoms with Gasteiger partial charge in [0.15, 0.2) is 5.78 Å². The molecule has 0 heterocycles. The third-order valence-corrected chi connectivity index (χ3v) is 15.3. The van der Waals surface area contributed by atoms with E-state index in [1.54, 1.807) is 6.08 Å². The van der Waals surface area contributed by atoms with E-state index in [4.69, 9.17) is 0 Å². The highest BCUT2D eigenvalue weighted by atomic mass is 16.4. The summed E-state index contributed by atoms with van der Waals surface area (Å²) in [7, 11) is 0. The number of carboxylic acids is 1. The number of carboxylic acid groups (broad SMARTS) is 1. The van der Waals surface area contributed by atoms with Crippen LogP contribution in [-0.4, -0.2) is 55.3 Å². The standard InChI is InChI=1S/C43H54O7/c1-25(37(47)48)22-28(44)23-27-14-10-11-15-29-34(46)33-36-41(6)40(29,5)31(27)24-42(41,49)20-21-43(36,50)30(17-16-26-12-8-7-9-13-26)35-38(2,3)32(45)18-19-39(33,35)4/h7-9,12-13,16-17,20-22,27-31,35,44,49-50H,10-11,14-15,18-19,23-24H2,1-6H3,(H,47,48). The highest BCUT2D eigenvalue weighted by Gasteiger charge is 2.80. The fourth-order valence-corrected chi connectivity index (χ4v) is 12.8. The number of ketones is 2. The highest BCUT2D eigenvalue weighted by molar-refractivity contribution is 6.03. The van der Waals surface area contributed by atoms with Gasteiger partial charge in [-0.05, 0) is 79.1 Å². The molecule has 0 amide bonds. The van der Waals surface area contributed by atoms with Crippen LogP contribution in [0.2, 0.25) is 0 Å². The van der Waals surface area contributed by atoms with Crippen molar-refractivity contribution in [2.75, 3.05) is 0 Å². The van der Waals surface area contributed by atoms with Crippen LogP contribution in [0.15, 0.2) is 71.4 Å². The van der Waals surface area contributed by atoms with Crippen LogP contribution in [0.4, 0.5) is 0 Å². The van der Waals surface area contributed by atoms with Gasteiger partial charge in [-0.1, -0.05) is 102 Å². The van der Waals surface area contributed by atoms with Gasteiger partial charge in [-0.3, -0.25) is 9.59 Å². The summed E-state index contributed by atoms with van der Waals surface area (Å²) in [6.07, 6.45) is 12.8. The van der Waals surface area contributed by atoms with Gasteiger partial charge >= 0.3 is 5.97 Å². The van der Waals surface area contributed by atoms with E-state index in [-0.39, 0.29) is 34.9 Å². The lowest BCUT2D eigenvalue weighted by molar-refractivity contribution is -0.170. The Kier molecular flexibility index (Phi) is 8.07. The largest absolute Gasteiger partial charge is 0.478 e. The molecule has 6 aliphatic carbocycles. The average Bonchev–Trinajstić information content (AvgIpc) is 3.23. The summed E-state index contributed by atoms with van der Waals surface area (Å²) < 4.78 is 0. The molecule has 7 rings (SSSR count). The van der Waals surface area contributed by atoms with E-state index < -0.39 is 56.8 Å². The number of allylic oxidation sites excluding steroid dienone is 1. The third kappa shape index (κ3) is 4.48. The molecule has 0 radical (unpaired) electrons. The quantitative estimate of drug-likeness (QED) is 0.190. The summed E-state index contributed by atoms with van der Waals surface area (Å²) in [4.78, 5) is 40.9. The Bertz CT molecular complexity index is 1750. The lowest BCUT2D eigenvalue weighted by Gasteiger charge is -2.69. The lowest BCUT2D eigenvalue weighted by Crippen LogP contribution is -2.71. The van der Waals surface area contributed by atoms with Crippen molar-refractivity contribution in [2.45, 2.75) is 110 Å². The number of fused-ring (bicyclic) bond motifs is 2. The number of aliphatic carboxylic acids is 1. The van der Waals surface area contributed by atoms with Gasteiger partial charge in [0.05, 0.1) is 11.7 Å². The van der Waals surface area contributed by atoms with Crippen LogP contribution < -0.4 is 0 Å². The van der Waals surface area contributed by atoms with Crippen LogP contribution in [-0.2, 0) is 14.4 Å². The number of hydrogen-bond acceptors (Lipinski definition) is 6. The zero-order valence-electron chi connectivity index (χ0n) is 30.4. The van der Waals surface area contributed by atoms with Gasteiger partial charge in [-0.2, -0.15) is 0 Å². The zero-order valence-corrected chi connectivity index (χ0v) is 30.4. The van der Waals surface area contributed by atoms with Crippen molar-refractivity contribution in [1.82, 2.24) is 0 Å². The Morgan fingerprint density at radius 3 is 2.36 bits per heavy atom. The van der Waals surface area contributed by atoms with Crippen LogP contribution in [0.25, 0.3) is 6.08 Å². The predicted octanol–water partition coefficient (Wildman–Crippen LogP) is 6.87. The molecule has 0 aliphatic heterocycles. The number of aliphatic hydroxyl groups is 3. The smallest absolute Gasteiger partial charge is 0.331 e. The molecule has 11 unspecified atom stereocenters. The van der Waals surface area contributed by atoms with Crippen LogP contribution in [0.5, 0.6) is 0 Å². The third-order valence-electron chi connectivity index (χ3n) is 15.3. The summed E-state index contributed by atoms with van der Waals surface area (Å²) >= 11 is 0. The number of rotatable bonds is 6. The Labute approximate surface area is 296 Å². The molecular weight excluding hydrogens is 628 g/mol. The maximum Gasteiger partial charge on any atom is 0.331 e. The van der Waals surface area contributed by atoms with Crippen molar-refractivity contribution in [3.8, 4) is 0 Å². The summed E-state index contributed by atoms with van der Waals surface area (Å²) in [5, 5.41) is 47.2. The molecule has 3 saturated carbocycles. The Morgan fingerprint density at radius 1 is 1.00 bits per heavy atom. The molecule has 7 heteroatoms. The van der Waals surface area contributed by atoms with Crippen LogP contribution in [0.1, 0.15) is 98.5 Å². The molecule has 4 N–H and O–H groups in total. The van der Waals surface area contributed by atoms with E-state index in [0.29, 0.717) is 43.3 Å². The predicted molar refractivity (Wildman–Crippen MR) is 191 cm³/mol. The first-order chi connectivity index (χ1) is 23.4. The summed E-state index contributed by atoms with van der Waals surface area (Å²) in [5.41, 5.74) is -3.98. The van der Waals surface area contributed by atoms with Gasteiger partial charge in [0.2, 0.25) is 0 Å². The maximum atomic E-state index is 15.5. The second-order valence-corrected chi connectivity index (χ2v) is 17.8. The molecule has 3 fully saturated rings. The number of hydrogen-bond donors (Lipinski definition) is 4. The van der Waals surface area contributed by atoms with Crippen LogP contribution in [0.3, 0.4) is 0 Å². The van der Waals surface area contributed by atoms with Gasteiger partial charge in [0.1, 0.15) is 11.4 Å². The average molecular weight is 683 g/mol. The minimum Gasteiger partial charge on any atom is -0.478 e. The topological polar surface area (TPSA) is 132 Å². The van der Waals surface area contributed by atoms with Crippen molar-refractivity contribution in [2.24, 2.45) is 51.2 Å². The number of benzene rings is 1. The zero-order chi connectivity index (χ0) is 36.2. The molecule has 0 aromatic heterocycles. The Hall–Kier alpha value is -3.13. The first kappa shape index (κ1) is 35.3. The van der Waals surface area contributed by atoms with E-state index in [0.717, 1.165) is 24.8 Å². The number of aliphatic hydroxyl groups excluding tert-OH is 1. The first-order valence-electron chi connectivity index (χ1n) is 18.7. The monoisotopic (exact) mass is 682 g/mol. The fraction of sp³-hybridized carbons (Fsp3) is 0.605. The minimum absolute atomic E-state index is 0.0499. The SMILES string of the molecule is CC(=CC(O)CC1CCCCC2C(=O)C3=C4C(O)(C=CC5(O)CC1C2(C)C45C)C(C=Cc1ccccc1)C1C(C)(C)C(=O)CCC31C)C(=O)O. The van der Waals surface area contributed by atoms with E-state index >= 15 is 4.79 Å². The summed E-state index contributed by atoms with van der Waals surface area (Å²) in [6.45, 7) is 11.8. The van der Waals surface area contributed by atoms with E-state index in [9.17, 15) is 30.0 Å². The van der Waals surface area contributed by atoms with Gasteiger partial charge in [0, 0.05) is 45.6 Å². The normalized spacial score (nSPS) is 44.0. The van der Waals surface area contributed by atoms with Crippen molar-refractivity contribution in [1.29, 1.82) is 0 Å². The number of carbonyl (C=O) groups excluding carboxylic acids is 2. The van der Waals surface area contributed by atoms with Gasteiger partial charge in [-0.25, -0.2) is 4.79 Å². The van der Waals surface area contributed by atoms with Crippen molar-refractivity contribution in [3.63, 3.8) is 0 Å². The molecule has 0 bridgehead atoms. The van der Waals surface area contributed by atoms with Crippen molar-refractivity contribution in [3.05, 3.63) is 76.9 Å². The second kappa shape index (κ2) is 11.4. The summed E-state index contributed by atoms with van der Waals surface area (Å²) in [6, 6.07) is 9.91. The van der Waals surface area contributed by atoms with Crippen LogP contribution >= 0.6 is 0 Å². The van der Waals surface area contributed by atoms with Gasteiger partial charge < -0.3 is 20.4 Å². The molecule has 50 heavy (non-hydrogen) atoms. The number of carbonyl (C=O) groups is 3. The molecule has 7 nitrogen and oxygen atoms in total.